The first-order valence-electron chi connectivity index (χ1n) is 28.3. The highest BCUT2D eigenvalue weighted by Gasteiger charge is 2.60. The predicted octanol–water partition coefficient (Wildman–Crippen LogP) is 15.1. The Balaban J connectivity index is 0.722. The van der Waals surface area contributed by atoms with Crippen molar-refractivity contribution in [3.63, 3.8) is 0 Å². The largest absolute Gasteiger partial charge is 0.374 e. The summed E-state index contributed by atoms with van der Waals surface area (Å²) in [5.74, 6) is 14.3. The second kappa shape index (κ2) is 17.9. The predicted molar refractivity (Wildman–Crippen MR) is 247 cm³/mol. The highest BCUT2D eigenvalue weighted by molar-refractivity contribution is 8.00. The van der Waals surface area contributed by atoms with Crippen LogP contribution in [0, 0.1) is 82.9 Å². The lowest BCUT2D eigenvalue weighted by Crippen LogP contribution is -2.54. The van der Waals surface area contributed by atoms with Gasteiger partial charge in [-0.15, -0.1) is 0 Å². The van der Waals surface area contributed by atoms with E-state index < -0.39 is 0 Å². The normalized spacial score (nSPS) is 53.0. The molecule has 0 aromatic rings. The van der Waals surface area contributed by atoms with E-state index in [9.17, 15) is 0 Å². The van der Waals surface area contributed by atoms with Gasteiger partial charge in [-0.3, -0.25) is 4.90 Å². The molecule has 59 heavy (non-hydrogen) atoms. The molecule has 332 valence electrons. The first kappa shape index (κ1) is 40.8. The summed E-state index contributed by atoms with van der Waals surface area (Å²) in [7, 11) is 0. The van der Waals surface area contributed by atoms with E-state index in [1.807, 2.05) is 0 Å². The van der Waals surface area contributed by atoms with Gasteiger partial charge in [0.05, 0.1) is 12.2 Å². The van der Waals surface area contributed by atoms with Crippen LogP contribution in [-0.4, -0.2) is 45.7 Å². The van der Waals surface area contributed by atoms with Crippen LogP contribution >= 0.6 is 11.8 Å². The number of hydrogen-bond acceptors (Lipinski definition) is 3. The van der Waals surface area contributed by atoms with Crippen molar-refractivity contribution in [2.75, 3.05) is 0 Å². The Bertz CT molecular complexity index is 1370. The van der Waals surface area contributed by atoms with Gasteiger partial charge in [0.1, 0.15) is 0 Å². The number of fused-ring (bicyclic) bond motifs is 10. The van der Waals surface area contributed by atoms with E-state index in [4.69, 9.17) is 4.74 Å². The van der Waals surface area contributed by atoms with E-state index in [0.717, 1.165) is 111 Å². The van der Waals surface area contributed by atoms with Crippen molar-refractivity contribution in [3.05, 3.63) is 0 Å². The minimum Gasteiger partial charge on any atom is -0.374 e. The summed E-state index contributed by atoms with van der Waals surface area (Å²) in [6, 6.07) is 2.69. The van der Waals surface area contributed by atoms with Gasteiger partial charge in [0.25, 0.3) is 0 Å². The van der Waals surface area contributed by atoms with Crippen molar-refractivity contribution in [1.29, 1.82) is 0 Å². The van der Waals surface area contributed by atoms with Gasteiger partial charge in [-0.05, 0) is 218 Å². The lowest BCUT2D eigenvalue weighted by Gasteiger charge is -2.55. The first-order valence-corrected chi connectivity index (χ1v) is 29.3. The second-order valence-corrected chi connectivity index (χ2v) is 26.6. The van der Waals surface area contributed by atoms with Crippen LogP contribution < -0.4 is 0 Å². The van der Waals surface area contributed by atoms with Gasteiger partial charge in [0.2, 0.25) is 0 Å². The quantitative estimate of drug-likeness (QED) is 0.265. The summed E-state index contributed by atoms with van der Waals surface area (Å²) < 4.78 is 7.62. The van der Waals surface area contributed by atoms with Gasteiger partial charge >= 0.3 is 0 Å². The highest BCUT2D eigenvalue weighted by Crippen LogP contribution is 2.62. The third-order valence-electron chi connectivity index (χ3n) is 22.9. The number of rotatable bonds is 6. The van der Waals surface area contributed by atoms with Gasteiger partial charge in [0.15, 0.2) is 0 Å². The summed E-state index contributed by atoms with van der Waals surface area (Å²) in [4.78, 5) is 3.38. The van der Waals surface area contributed by atoms with Crippen molar-refractivity contribution in [3.8, 4) is 0 Å². The third kappa shape index (κ3) is 7.75. The standard InChI is InChI=1S/C56H91NOS/c1-2-11-36(12-3-1)37-21-27-41(28-22-37)57(43-31-25-39(26-32-43)51-35-40-13-4-5-14-44(40)46-15-6-7-16-47(46)51)42-29-23-38(24-30-42)45-18-10-19-48-49-33-34-53-54(56(49)58-55(45)48)50-17-8-9-20-52(50)59-53/h36-56H,1-35H2. The van der Waals surface area contributed by atoms with Crippen molar-refractivity contribution in [1.82, 2.24) is 4.90 Å². The molecule has 0 aromatic heterocycles. The number of nitrogens with zero attached hydrogens (tertiary/aromatic N) is 1. The summed E-state index contributed by atoms with van der Waals surface area (Å²) in [6.07, 6.45) is 55.4. The molecule has 14 atom stereocenters. The average molecular weight is 826 g/mol. The zero-order valence-electron chi connectivity index (χ0n) is 38.1. The van der Waals surface area contributed by atoms with Gasteiger partial charge in [-0.2, -0.15) is 11.8 Å². The Kier molecular flexibility index (Phi) is 12.4. The monoisotopic (exact) mass is 826 g/mol. The van der Waals surface area contributed by atoms with Gasteiger partial charge in [-0.25, -0.2) is 0 Å². The fraction of sp³-hybridized carbons (Fsp3) is 1.00. The Morgan fingerprint density at radius 3 is 1.49 bits per heavy atom. The lowest BCUT2D eigenvalue weighted by molar-refractivity contribution is -0.0786. The van der Waals surface area contributed by atoms with Crippen LogP contribution in [0.5, 0.6) is 0 Å². The molecule has 12 fully saturated rings. The first-order chi connectivity index (χ1) is 29.2. The Morgan fingerprint density at radius 1 is 0.288 bits per heavy atom. The van der Waals surface area contributed by atoms with Crippen molar-refractivity contribution in [2.24, 2.45) is 82.9 Å². The molecule has 2 saturated heterocycles. The second-order valence-electron chi connectivity index (χ2n) is 25.1. The molecule has 12 rings (SSSR count). The van der Waals surface area contributed by atoms with E-state index in [2.05, 4.69) is 16.7 Å². The molecule has 0 spiro atoms. The summed E-state index contributed by atoms with van der Waals surface area (Å²) in [6.45, 7) is 0. The zero-order chi connectivity index (χ0) is 38.9. The fourth-order valence-corrected chi connectivity index (χ4v) is 22.6. The molecule has 0 amide bonds. The highest BCUT2D eigenvalue weighted by atomic mass is 32.2. The minimum atomic E-state index is 0.626. The van der Waals surface area contributed by atoms with E-state index in [-0.39, 0.29) is 0 Å². The molecule has 2 nitrogen and oxygen atoms in total. The molecule has 0 radical (unpaired) electrons. The van der Waals surface area contributed by atoms with Crippen molar-refractivity contribution >= 4 is 11.8 Å². The van der Waals surface area contributed by atoms with E-state index in [1.165, 1.54) is 103 Å². The van der Waals surface area contributed by atoms with Crippen LogP contribution in [0.3, 0.4) is 0 Å². The van der Waals surface area contributed by atoms with Gasteiger partial charge < -0.3 is 4.74 Å². The summed E-state index contributed by atoms with van der Waals surface area (Å²) in [5.41, 5.74) is 0. The molecular weight excluding hydrogens is 735 g/mol. The molecule has 14 unspecified atom stereocenters. The van der Waals surface area contributed by atoms with E-state index in [0.29, 0.717) is 12.2 Å². The van der Waals surface area contributed by atoms with Crippen LogP contribution in [0.25, 0.3) is 0 Å². The third-order valence-corrected chi connectivity index (χ3v) is 24.8. The molecule has 0 N–H and O–H groups in total. The van der Waals surface area contributed by atoms with Gasteiger partial charge in [0, 0.05) is 34.5 Å². The van der Waals surface area contributed by atoms with Crippen molar-refractivity contribution < 1.29 is 4.74 Å². The van der Waals surface area contributed by atoms with E-state index in [1.54, 1.807) is 122 Å². The van der Waals surface area contributed by atoms with Crippen LogP contribution in [0.4, 0.5) is 0 Å². The molecule has 10 saturated carbocycles. The smallest absolute Gasteiger partial charge is 0.0652 e. The fourth-order valence-electron chi connectivity index (χ4n) is 20.5. The molecule has 0 aromatic carbocycles. The Labute approximate surface area is 368 Å². The summed E-state index contributed by atoms with van der Waals surface area (Å²) >= 11 is 2.45. The molecule has 2 heterocycles. The van der Waals surface area contributed by atoms with Crippen LogP contribution in [0.1, 0.15) is 225 Å². The maximum Gasteiger partial charge on any atom is 0.0652 e. The Morgan fingerprint density at radius 2 is 0.780 bits per heavy atom. The molecular formula is C56H91NOS. The zero-order valence-corrected chi connectivity index (χ0v) is 39.0. The number of ether oxygens (including phenoxy) is 1. The number of thioether (sulfide) groups is 1. The maximum atomic E-state index is 7.62. The molecule has 12 aliphatic rings. The number of hydrogen-bond donors (Lipinski definition) is 0. The molecule has 2 aliphatic heterocycles. The van der Waals surface area contributed by atoms with Crippen LogP contribution in [0.2, 0.25) is 0 Å². The lowest BCUT2D eigenvalue weighted by atomic mass is 9.51. The topological polar surface area (TPSA) is 12.5 Å². The molecule has 3 heteroatoms. The van der Waals surface area contributed by atoms with Crippen LogP contribution in [-0.2, 0) is 4.74 Å². The van der Waals surface area contributed by atoms with Gasteiger partial charge in [-0.1, -0.05) is 83.5 Å². The van der Waals surface area contributed by atoms with Crippen LogP contribution in [0.15, 0.2) is 0 Å². The minimum absolute atomic E-state index is 0.626. The Hall–Kier alpha value is 0.270. The van der Waals surface area contributed by atoms with Crippen molar-refractivity contribution in [2.45, 2.75) is 266 Å². The van der Waals surface area contributed by atoms with E-state index >= 15 is 0 Å². The SMILES string of the molecule is C1CCC(C2CCC(N(C3CCC(C4CC5CCCCC5C5CCCCC45)CC3)C3CCC(C4CCCC5C6CCC7SC8CCCCC8C7C6OC45)CC3)CC2)CC1. The molecule has 0 bridgehead atoms. The average Bonchev–Trinajstić information content (AvgIpc) is 3.89. The molecule has 10 aliphatic carbocycles. The maximum absolute atomic E-state index is 7.62. The summed E-state index contributed by atoms with van der Waals surface area (Å²) in [5, 5.41) is 1.92.